The molecule has 0 aromatic rings. The van der Waals surface area contributed by atoms with E-state index >= 15 is 0 Å². The fourth-order valence-corrected chi connectivity index (χ4v) is 2.51. The minimum Gasteiger partial charge on any atom is -0.338 e. The second kappa shape index (κ2) is 5.48. The first kappa shape index (κ1) is 12.5. The highest BCUT2D eigenvalue weighted by Gasteiger charge is 2.27. The number of alkyl halides is 3. The molecule has 1 aliphatic heterocycles. The molecular weight excluding hydrogens is 229 g/mol. The van der Waals surface area contributed by atoms with Gasteiger partial charge < -0.3 is 10.6 Å². The van der Waals surface area contributed by atoms with Crippen LogP contribution in [0.15, 0.2) is 0 Å². The van der Waals surface area contributed by atoms with E-state index in [4.69, 9.17) is 0 Å². The maximum atomic E-state index is 11.7. The first-order valence-corrected chi connectivity index (χ1v) is 5.79. The van der Waals surface area contributed by atoms with Crippen molar-refractivity contribution < 1.29 is 18.0 Å². The Morgan fingerprint density at radius 3 is 2.67 bits per heavy atom. The van der Waals surface area contributed by atoms with E-state index in [2.05, 4.69) is 5.32 Å². The summed E-state index contributed by atoms with van der Waals surface area (Å²) in [6.07, 6.45) is -3.33. The largest absolute Gasteiger partial charge is 0.405 e. The van der Waals surface area contributed by atoms with Crippen molar-refractivity contribution in [1.29, 1.82) is 0 Å². The van der Waals surface area contributed by atoms with Gasteiger partial charge in [-0.05, 0) is 23.8 Å². The van der Waals surface area contributed by atoms with Crippen molar-refractivity contribution in [3.05, 3.63) is 0 Å². The molecular formula is C8H13F3N2OS. The minimum absolute atomic E-state index is 0.395. The zero-order chi connectivity index (χ0) is 11.3. The lowest BCUT2D eigenvalue weighted by molar-refractivity contribution is -0.122. The van der Waals surface area contributed by atoms with E-state index in [0.29, 0.717) is 12.5 Å². The summed E-state index contributed by atoms with van der Waals surface area (Å²) in [4.78, 5) is 10.9. The number of amides is 2. The van der Waals surface area contributed by atoms with Crippen LogP contribution in [0.4, 0.5) is 18.0 Å². The van der Waals surface area contributed by atoms with Gasteiger partial charge >= 0.3 is 12.2 Å². The average Bonchev–Trinajstić information content (AvgIpc) is 2.62. The fourth-order valence-electron chi connectivity index (χ4n) is 1.22. The van der Waals surface area contributed by atoms with Crippen molar-refractivity contribution in [2.45, 2.75) is 12.6 Å². The van der Waals surface area contributed by atoms with Crippen LogP contribution >= 0.6 is 11.8 Å². The Balaban J connectivity index is 2.08. The molecule has 0 aromatic heterocycles. The lowest BCUT2D eigenvalue weighted by Crippen LogP contribution is -2.42. The molecule has 2 amide bonds. The first-order chi connectivity index (χ1) is 6.97. The van der Waals surface area contributed by atoms with Crippen LogP contribution in [0.1, 0.15) is 6.42 Å². The van der Waals surface area contributed by atoms with Gasteiger partial charge in [-0.1, -0.05) is 0 Å². The second-order valence-corrected chi connectivity index (χ2v) is 4.56. The van der Waals surface area contributed by atoms with Crippen LogP contribution in [-0.4, -0.2) is 36.8 Å². The number of urea groups is 1. The van der Waals surface area contributed by atoms with E-state index in [1.165, 1.54) is 0 Å². The van der Waals surface area contributed by atoms with Crippen molar-refractivity contribution in [2.24, 2.45) is 5.92 Å². The Morgan fingerprint density at radius 1 is 1.40 bits per heavy atom. The normalized spacial score (nSPS) is 21.4. The maximum absolute atomic E-state index is 11.7. The predicted molar refractivity (Wildman–Crippen MR) is 52.9 cm³/mol. The van der Waals surface area contributed by atoms with Crippen molar-refractivity contribution in [3.63, 3.8) is 0 Å². The summed E-state index contributed by atoms with van der Waals surface area (Å²) in [6, 6.07) is -0.746. The van der Waals surface area contributed by atoms with E-state index in [0.717, 1.165) is 17.9 Å². The molecule has 0 aromatic carbocycles. The van der Waals surface area contributed by atoms with Gasteiger partial charge in [0.1, 0.15) is 6.54 Å². The van der Waals surface area contributed by atoms with E-state index in [-0.39, 0.29) is 0 Å². The van der Waals surface area contributed by atoms with Crippen LogP contribution < -0.4 is 10.6 Å². The van der Waals surface area contributed by atoms with Gasteiger partial charge in [-0.25, -0.2) is 4.79 Å². The van der Waals surface area contributed by atoms with Crippen molar-refractivity contribution >= 4 is 17.8 Å². The third kappa shape index (κ3) is 5.76. The highest BCUT2D eigenvalue weighted by atomic mass is 32.2. The first-order valence-electron chi connectivity index (χ1n) is 4.63. The fraction of sp³-hybridized carbons (Fsp3) is 0.875. The third-order valence-corrected chi connectivity index (χ3v) is 3.26. The smallest absolute Gasteiger partial charge is 0.338 e. The molecule has 1 rings (SSSR count). The van der Waals surface area contributed by atoms with Gasteiger partial charge in [0, 0.05) is 6.54 Å². The topological polar surface area (TPSA) is 41.1 Å². The summed E-state index contributed by atoms with van der Waals surface area (Å²) < 4.78 is 35.1. The zero-order valence-electron chi connectivity index (χ0n) is 8.06. The highest BCUT2D eigenvalue weighted by Crippen LogP contribution is 2.22. The number of hydrogen-bond donors (Lipinski definition) is 2. The molecule has 3 nitrogen and oxygen atoms in total. The van der Waals surface area contributed by atoms with E-state index < -0.39 is 18.8 Å². The van der Waals surface area contributed by atoms with Crippen LogP contribution in [0.25, 0.3) is 0 Å². The number of nitrogens with one attached hydrogen (secondary N) is 2. The van der Waals surface area contributed by atoms with Gasteiger partial charge in [0.15, 0.2) is 0 Å². The van der Waals surface area contributed by atoms with Crippen LogP contribution in [0.2, 0.25) is 0 Å². The van der Waals surface area contributed by atoms with Crippen molar-refractivity contribution in [2.75, 3.05) is 24.6 Å². The molecule has 0 radical (unpaired) electrons. The molecule has 1 aliphatic rings. The molecule has 7 heteroatoms. The quantitative estimate of drug-likeness (QED) is 0.789. The SMILES string of the molecule is O=C(NCC1CCSC1)NCC(F)(F)F. The van der Waals surface area contributed by atoms with Gasteiger partial charge in [0.2, 0.25) is 0 Å². The molecule has 0 spiro atoms. The number of carbonyl (C=O) groups excluding carboxylic acids is 1. The van der Waals surface area contributed by atoms with Crippen LogP contribution in [0.5, 0.6) is 0 Å². The molecule has 2 N–H and O–H groups in total. The van der Waals surface area contributed by atoms with Crippen LogP contribution in [0.3, 0.4) is 0 Å². The summed E-state index contributed by atoms with van der Waals surface area (Å²) in [5.74, 6) is 2.43. The molecule has 1 saturated heterocycles. The van der Waals surface area contributed by atoms with E-state index in [1.54, 1.807) is 17.1 Å². The minimum atomic E-state index is -4.35. The molecule has 1 heterocycles. The van der Waals surface area contributed by atoms with Crippen molar-refractivity contribution in [3.8, 4) is 0 Å². The summed E-state index contributed by atoms with van der Waals surface area (Å²) in [7, 11) is 0. The second-order valence-electron chi connectivity index (χ2n) is 3.41. The highest BCUT2D eigenvalue weighted by molar-refractivity contribution is 7.99. The summed E-state index contributed by atoms with van der Waals surface area (Å²) >= 11 is 1.80. The van der Waals surface area contributed by atoms with Gasteiger partial charge in [-0.15, -0.1) is 0 Å². The number of rotatable bonds is 3. The number of carbonyl (C=O) groups is 1. The monoisotopic (exact) mass is 242 g/mol. The Hall–Kier alpha value is -0.590. The molecule has 0 bridgehead atoms. The molecule has 1 fully saturated rings. The van der Waals surface area contributed by atoms with Gasteiger partial charge in [-0.3, -0.25) is 0 Å². The lowest BCUT2D eigenvalue weighted by atomic mass is 10.1. The molecule has 1 atom stereocenters. The molecule has 0 saturated carbocycles. The summed E-state index contributed by atoms with van der Waals surface area (Å²) in [5, 5.41) is 4.20. The Bertz CT molecular complexity index is 216. The van der Waals surface area contributed by atoms with Gasteiger partial charge in [0.25, 0.3) is 0 Å². The lowest BCUT2D eigenvalue weighted by Gasteiger charge is -2.12. The standard InChI is InChI=1S/C8H13F3N2OS/c9-8(10,11)5-13-7(14)12-3-6-1-2-15-4-6/h6H,1-5H2,(H2,12,13,14). The number of thioether (sulfide) groups is 1. The Morgan fingerprint density at radius 2 is 2.13 bits per heavy atom. The maximum Gasteiger partial charge on any atom is 0.405 e. The van der Waals surface area contributed by atoms with Gasteiger partial charge in [0.05, 0.1) is 0 Å². The number of hydrogen-bond acceptors (Lipinski definition) is 2. The average molecular weight is 242 g/mol. The van der Waals surface area contributed by atoms with Crippen LogP contribution in [-0.2, 0) is 0 Å². The van der Waals surface area contributed by atoms with Gasteiger partial charge in [-0.2, -0.15) is 24.9 Å². The van der Waals surface area contributed by atoms with Crippen LogP contribution in [0, 0.1) is 5.92 Å². The molecule has 88 valence electrons. The molecule has 1 unspecified atom stereocenters. The van der Waals surface area contributed by atoms with Crippen molar-refractivity contribution in [1.82, 2.24) is 10.6 Å². The predicted octanol–water partition coefficient (Wildman–Crippen LogP) is 1.60. The summed E-state index contributed by atoms with van der Waals surface area (Å²) in [6.45, 7) is -0.824. The van der Waals surface area contributed by atoms with E-state index in [1.807, 2.05) is 0 Å². The summed E-state index contributed by atoms with van der Waals surface area (Å²) in [5.41, 5.74) is 0. The van der Waals surface area contributed by atoms with E-state index in [9.17, 15) is 18.0 Å². The zero-order valence-corrected chi connectivity index (χ0v) is 8.88. The number of halogens is 3. The molecule has 0 aliphatic carbocycles. The third-order valence-electron chi connectivity index (χ3n) is 2.02. The molecule has 15 heavy (non-hydrogen) atoms. The Labute approximate surface area is 90.2 Å². The Kier molecular flexibility index (Phi) is 4.56.